The van der Waals surface area contributed by atoms with Gasteiger partial charge in [0.25, 0.3) is 0 Å². The van der Waals surface area contributed by atoms with Gasteiger partial charge in [0, 0.05) is 12.8 Å². The van der Waals surface area contributed by atoms with Crippen molar-refractivity contribution in [3.63, 3.8) is 0 Å². The zero-order chi connectivity index (χ0) is 27.4. The summed E-state index contributed by atoms with van der Waals surface area (Å²) in [4.78, 5) is 26.1. The molecule has 7 atom stereocenters. The van der Waals surface area contributed by atoms with Gasteiger partial charge in [-0.2, -0.15) is 0 Å². The molecule has 6 nitrogen and oxygen atoms in total. The van der Waals surface area contributed by atoms with Gasteiger partial charge < -0.3 is 19.7 Å². The quantitative estimate of drug-likeness (QED) is 0.196. The molecule has 37 heavy (non-hydrogen) atoms. The van der Waals surface area contributed by atoms with Crippen LogP contribution in [0.15, 0.2) is 0 Å². The van der Waals surface area contributed by atoms with E-state index in [0.717, 1.165) is 32.1 Å². The monoisotopic (exact) mass is 519 g/mol. The molecular formula is C30H54BNO5. The molecule has 1 heterocycles. The van der Waals surface area contributed by atoms with Crippen molar-refractivity contribution < 1.29 is 24.0 Å². The summed E-state index contributed by atoms with van der Waals surface area (Å²) in [6.07, 6.45) is 10.7. The van der Waals surface area contributed by atoms with Crippen LogP contribution in [0.2, 0.25) is 0 Å². The first-order valence-corrected chi connectivity index (χ1v) is 15.2. The average Bonchev–Trinajstić information content (AvgIpc) is 3.18. The second kappa shape index (κ2) is 13.0. The molecule has 0 aromatic rings. The molecule has 2 N–H and O–H groups in total. The van der Waals surface area contributed by atoms with E-state index in [0.29, 0.717) is 24.2 Å². The standard InChI is InChI=1S/C30H54BNO5/c1-8-9-10-11-12-13-14-15-23(34)19-24(21(4)33)28(35)32-27(16-20(2)3)31-36-26-18-22-17-25(29(22,5)6)30(26,7)37-31/h20-22,24-27,33H,8-19H2,1-7H3,(H,32,35)/t21-,22-,24+,25-,26-,27+,30+/m1/s1. The normalized spacial score (nSPS) is 30.4. The first kappa shape index (κ1) is 30.6. The highest BCUT2D eigenvalue weighted by atomic mass is 16.7. The van der Waals surface area contributed by atoms with Gasteiger partial charge in [0.15, 0.2) is 0 Å². The summed E-state index contributed by atoms with van der Waals surface area (Å²) >= 11 is 0. The Morgan fingerprint density at radius 2 is 1.68 bits per heavy atom. The first-order valence-electron chi connectivity index (χ1n) is 15.2. The lowest BCUT2D eigenvalue weighted by atomic mass is 9.43. The van der Waals surface area contributed by atoms with Crippen molar-refractivity contribution in [2.75, 3.05) is 0 Å². The number of carbonyl (C=O) groups excluding carboxylic acids is 2. The summed E-state index contributed by atoms with van der Waals surface area (Å²) in [5, 5.41) is 13.6. The molecule has 0 aromatic carbocycles. The molecule has 3 aliphatic carbocycles. The zero-order valence-electron chi connectivity index (χ0n) is 24.7. The van der Waals surface area contributed by atoms with Crippen molar-refractivity contribution in [2.24, 2.45) is 29.1 Å². The van der Waals surface area contributed by atoms with Crippen molar-refractivity contribution in [1.82, 2.24) is 5.32 Å². The van der Waals surface area contributed by atoms with Crippen molar-refractivity contribution in [3.05, 3.63) is 0 Å². The van der Waals surface area contributed by atoms with Crippen LogP contribution in [-0.2, 0) is 18.9 Å². The molecule has 0 radical (unpaired) electrons. The molecule has 4 rings (SSSR count). The molecule has 7 heteroatoms. The molecule has 0 aromatic heterocycles. The second-order valence-electron chi connectivity index (χ2n) is 13.5. The summed E-state index contributed by atoms with van der Waals surface area (Å²) in [5.41, 5.74) is -0.0768. The maximum Gasteiger partial charge on any atom is 0.481 e. The van der Waals surface area contributed by atoms with Crippen molar-refractivity contribution in [3.8, 4) is 0 Å². The minimum atomic E-state index is -0.892. The largest absolute Gasteiger partial charge is 0.481 e. The number of ketones is 1. The van der Waals surface area contributed by atoms with Gasteiger partial charge in [0.2, 0.25) is 5.91 Å². The number of carbonyl (C=O) groups is 2. The fourth-order valence-electron chi connectivity index (χ4n) is 7.22. The number of rotatable bonds is 16. The van der Waals surface area contributed by atoms with E-state index in [1.165, 1.54) is 32.1 Å². The smallest absolute Gasteiger partial charge is 0.404 e. The molecule has 0 unspecified atom stereocenters. The Morgan fingerprint density at radius 3 is 2.27 bits per heavy atom. The lowest BCUT2D eigenvalue weighted by Crippen LogP contribution is -2.65. The van der Waals surface area contributed by atoms with Crippen LogP contribution in [0.25, 0.3) is 0 Å². The van der Waals surface area contributed by atoms with Crippen LogP contribution in [-0.4, -0.2) is 47.7 Å². The van der Waals surface area contributed by atoms with Crippen LogP contribution >= 0.6 is 0 Å². The van der Waals surface area contributed by atoms with Crippen molar-refractivity contribution >= 4 is 18.8 Å². The minimum Gasteiger partial charge on any atom is -0.404 e. The van der Waals surface area contributed by atoms with Gasteiger partial charge in [-0.3, -0.25) is 9.59 Å². The van der Waals surface area contributed by atoms with E-state index < -0.39 is 19.1 Å². The Balaban J connectivity index is 1.55. The molecule has 3 saturated carbocycles. The van der Waals surface area contributed by atoms with Gasteiger partial charge >= 0.3 is 7.12 Å². The molecule has 0 spiro atoms. The minimum absolute atomic E-state index is 0.0527. The van der Waals surface area contributed by atoms with E-state index in [4.69, 9.17) is 9.31 Å². The topological polar surface area (TPSA) is 84.9 Å². The van der Waals surface area contributed by atoms with E-state index in [-0.39, 0.29) is 41.2 Å². The number of unbranched alkanes of at least 4 members (excludes halogenated alkanes) is 6. The molecule has 1 aliphatic heterocycles. The third kappa shape index (κ3) is 7.19. The van der Waals surface area contributed by atoms with Crippen LogP contribution in [0.1, 0.15) is 126 Å². The van der Waals surface area contributed by atoms with Crippen molar-refractivity contribution in [2.45, 2.75) is 149 Å². The van der Waals surface area contributed by atoms with E-state index in [9.17, 15) is 14.7 Å². The predicted octanol–water partition coefficient (Wildman–Crippen LogP) is 5.88. The van der Waals surface area contributed by atoms with Gasteiger partial charge in [-0.25, -0.2) is 0 Å². The van der Waals surface area contributed by atoms with E-state index in [2.05, 4.69) is 46.9 Å². The number of hydrogen-bond acceptors (Lipinski definition) is 5. The van der Waals surface area contributed by atoms with Gasteiger partial charge in [-0.15, -0.1) is 0 Å². The lowest BCUT2D eigenvalue weighted by Gasteiger charge is -2.64. The van der Waals surface area contributed by atoms with Crippen LogP contribution in [0.3, 0.4) is 0 Å². The molecule has 212 valence electrons. The van der Waals surface area contributed by atoms with E-state index >= 15 is 0 Å². The van der Waals surface area contributed by atoms with Crippen molar-refractivity contribution in [1.29, 1.82) is 0 Å². The highest BCUT2D eigenvalue weighted by molar-refractivity contribution is 6.47. The van der Waals surface area contributed by atoms with Crippen LogP contribution in [0.5, 0.6) is 0 Å². The zero-order valence-corrected chi connectivity index (χ0v) is 24.7. The molecule has 4 aliphatic rings. The summed E-state index contributed by atoms with van der Waals surface area (Å²) < 4.78 is 13.1. The molecule has 1 amide bonds. The summed E-state index contributed by atoms with van der Waals surface area (Å²) in [6.45, 7) is 14.9. The van der Waals surface area contributed by atoms with Crippen LogP contribution in [0.4, 0.5) is 0 Å². The maximum absolute atomic E-state index is 13.4. The van der Waals surface area contributed by atoms with Gasteiger partial charge in [0.05, 0.1) is 29.7 Å². The third-order valence-corrected chi connectivity index (χ3v) is 9.78. The van der Waals surface area contributed by atoms with Gasteiger partial charge in [-0.1, -0.05) is 73.1 Å². The van der Waals surface area contributed by atoms with Crippen LogP contribution in [0, 0.1) is 29.1 Å². The average molecular weight is 520 g/mol. The number of hydrogen-bond donors (Lipinski definition) is 2. The van der Waals surface area contributed by atoms with E-state index in [1.807, 2.05) is 0 Å². The Bertz CT molecular complexity index is 771. The number of aliphatic hydroxyl groups is 1. The summed E-state index contributed by atoms with van der Waals surface area (Å²) in [7, 11) is -0.505. The Hall–Kier alpha value is -0.915. The third-order valence-electron chi connectivity index (χ3n) is 9.78. The number of amides is 1. The lowest BCUT2D eigenvalue weighted by molar-refractivity contribution is -0.199. The van der Waals surface area contributed by atoms with E-state index in [1.54, 1.807) is 6.92 Å². The maximum atomic E-state index is 13.4. The first-order chi connectivity index (χ1) is 17.4. The summed E-state index contributed by atoms with van der Waals surface area (Å²) in [5.74, 6) is 0.181. The molecule has 4 fully saturated rings. The molecule has 1 saturated heterocycles. The van der Waals surface area contributed by atoms with Gasteiger partial charge in [0.1, 0.15) is 5.78 Å². The number of nitrogens with one attached hydrogen (secondary N) is 1. The highest BCUT2D eigenvalue weighted by Crippen LogP contribution is 2.65. The van der Waals surface area contributed by atoms with Gasteiger partial charge in [-0.05, 0) is 62.7 Å². The number of aliphatic hydroxyl groups excluding tert-OH is 1. The number of Topliss-reactive ketones (excluding diaryl/α,β-unsaturated/α-hetero) is 1. The summed E-state index contributed by atoms with van der Waals surface area (Å²) in [6, 6.07) is 0. The Morgan fingerprint density at radius 1 is 1.03 bits per heavy atom. The van der Waals surface area contributed by atoms with Crippen LogP contribution < -0.4 is 5.32 Å². The Labute approximate surface area is 226 Å². The Kier molecular flexibility index (Phi) is 10.7. The SMILES string of the molecule is CCCCCCCCCC(=O)C[C@H](C(=O)N[C@@H](CC(C)C)B1O[C@@H]2C[C@H]3C[C@H](C3(C)C)[C@]2(C)O1)[C@@H](C)O. The molecule has 2 bridgehead atoms. The molecular weight excluding hydrogens is 465 g/mol. The fraction of sp³-hybridized carbons (Fsp3) is 0.933. The fourth-order valence-corrected chi connectivity index (χ4v) is 7.22. The highest BCUT2D eigenvalue weighted by Gasteiger charge is 2.68. The second-order valence-corrected chi connectivity index (χ2v) is 13.5. The predicted molar refractivity (Wildman–Crippen MR) is 149 cm³/mol.